The Bertz CT molecular complexity index is 1400. The number of likely N-dealkylation sites (tertiary alicyclic amines) is 1. The van der Waals surface area contributed by atoms with Crippen molar-refractivity contribution in [2.75, 3.05) is 25.5 Å². The van der Waals surface area contributed by atoms with Gasteiger partial charge in [-0.2, -0.15) is 0 Å². The molecule has 3 aliphatic heterocycles. The van der Waals surface area contributed by atoms with Crippen molar-refractivity contribution in [2.24, 2.45) is 23.7 Å². The van der Waals surface area contributed by atoms with Crippen LogP contribution in [0.3, 0.4) is 0 Å². The van der Waals surface area contributed by atoms with E-state index in [1.54, 1.807) is 4.90 Å². The normalized spacial score (nSPS) is 32.7. The van der Waals surface area contributed by atoms with Gasteiger partial charge in [0.05, 0.1) is 17.9 Å². The molecule has 43 heavy (non-hydrogen) atoms. The van der Waals surface area contributed by atoms with Crippen LogP contribution in [0.4, 0.5) is 5.69 Å². The number of likely N-dealkylation sites (N-methyl/N-ethyl adjacent to an activating group) is 1. The molecule has 2 N–H and O–H groups in total. The minimum absolute atomic E-state index is 0.0485. The second-order valence-electron chi connectivity index (χ2n) is 13.2. The number of benzene rings is 2. The van der Waals surface area contributed by atoms with Gasteiger partial charge in [-0.15, -0.1) is 0 Å². The van der Waals surface area contributed by atoms with Gasteiger partial charge in [-0.25, -0.2) is 0 Å². The quantitative estimate of drug-likeness (QED) is 0.432. The Morgan fingerprint density at radius 2 is 1.86 bits per heavy atom. The summed E-state index contributed by atoms with van der Waals surface area (Å²) in [6, 6.07) is 17.0. The van der Waals surface area contributed by atoms with Crippen molar-refractivity contribution in [3.63, 3.8) is 0 Å². The van der Waals surface area contributed by atoms with Gasteiger partial charge < -0.3 is 25.2 Å². The second kappa shape index (κ2) is 11.9. The number of aryl methyl sites for hydroxylation is 1. The van der Waals surface area contributed by atoms with Crippen molar-refractivity contribution in [1.29, 1.82) is 0 Å². The fraction of sp³-hybridized carbons (Fsp3) is 0.514. The highest BCUT2D eigenvalue weighted by Crippen LogP contribution is 2.55. The van der Waals surface area contributed by atoms with Gasteiger partial charge in [0, 0.05) is 31.4 Å². The molecule has 3 fully saturated rings. The first kappa shape index (κ1) is 29.6. The van der Waals surface area contributed by atoms with Crippen molar-refractivity contribution in [1.82, 2.24) is 15.1 Å². The fourth-order valence-electron chi connectivity index (χ4n) is 7.76. The average molecular weight is 585 g/mol. The molecule has 0 radical (unpaired) electrons. The van der Waals surface area contributed by atoms with Crippen molar-refractivity contribution < 1.29 is 19.1 Å². The van der Waals surface area contributed by atoms with E-state index in [1.165, 1.54) is 5.56 Å². The zero-order chi connectivity index (χ0) is 30.3. The van der Waals surface area contributed by atoms with Crippen LogP contribution in [0, 0.1) is 30.6 Å². The van der Waals surface area contributed by atoms with E-state index in [2.05, 4.69) is 41.5 Å². The van der Waals surface area contributed by atoms with Crippen LogP contribution in [0.15, 0.2) is 66.7 Å². The van der Waals surface area contributed by atoms with E-state index in [4.69, 9.17) is 4.74 Å². The SMILES string of the molecule is Cc1cccc(NC(=O)[C@H]2[C@H]3C=C[C@@]4(O3)[C@H]2C(=O)N(CCN(C)Cc2ccccc2)[C@@H]4C(=O)N[C@@H]2CCC[C@H](C)[C@@H]2C)c1. The lowest BCUT2D eigenvalue weighted by molar-refractivity contribution is -0.141. The van der Waals surface area contributed by atoms with Crippen LogP contribution < -0.4 is 10.6 Å². The minimum atomic E-state index is -1.16. The molecular formula is C35H44N4O4. The van der Waals surface area contributed by atoms with Gasteiger partial charge >= 0.3 is 0 Å². The summed E-state index contributed by atoms with van der Waals surface area (Å²) in [7, 11) is 2.02. The average Bonchev–Trinajstić information content (AvgIpc) is 3.62. The smallest absolute Gasteiger partial charge is 0.246 e. The Morgan fingerprint density at radius 1 is 1.07 bits per heavy atom. The highest BCUT2D eigenvalue weighted by Gasteiger charge is 2.72. The molecule has 4 aliphatic rings. The largest absolute Gasteiger partial charge is 0.359 e. The second-order valence-corrected chi connectivity index (χ2v) is 13.2. The van der Waals surface area contributed by atoms with E-state index in [0.717, 1.165) is 31.4 Å². The number of hydrogen-bond acceptors (Lipinski definition) is 5. The van der Waals surface area contributed by atoms with E-state index < -0.39 is 29.6 Å². The standard InChI is InChI=1S/C35H44N4O4/c1-22-10-8-14-26(20-22)36-32(40)29-28-16-17-35(43-28)30(29)34(42)39(19-18-38(4)21-25-12-6-5-7-13-25)31(35)33(41)37-27-15-9-11-23(2)24(27)3/h5-8,10,12-14,16-17,20,23-24,27-31H,9,11,15,18-19,21H2,1-4H3,(H,36,40)(H,37,41)/t23-,24-,27+,28+,29-,30+,31+,35+/m0/s1. The Morgan fingerprint density at radius 3 is 2.63 bits per heavy atom. The molecule has 6 rings (SSSR count). The molecule has 3 heterocycles. The number of hydrogen-bond donors (Lipinski definition) is 2. The number of rotatable bonds is 9. The maximum atomic E-state index is 14.3. The van der Waals surface area contributed by atoms with Crippen LogP contribution in [0.25, 0.3) is 0 Å². The molecule has 0 aromatic heterocycles. The summed E-state index contributed by atoms with van der Waals surface area (Å²) in [6.07, 6.45) is 6.37. The molecule has 1 aliphatic carbocycles. The lowest BCUT2D eigenvalue weighted by atomic mass is 9.73. The third-order valence-electron chi connectivity index (χ3n) is 10.3. The van der Waals surface area contributed by atoms with E-state index in [-0.39, 0.29) is 23.8 Å². The Balaban J connectivity index is 1.26. The van der Waals surface area contributed by atoms with Crippen LogP contribution in [-0.2, 0) is 25.7 Å². The summed E-state index contributed by atoms with van der Waals surface area (Å²) < 4.78 is 6.54. The Kier molecular flexibility index (Phi) is 8.18. The number of ether oxygens (including phenoxy) is 1. The number of nitrogens with one attached hydrogen (secondary N) is 2. The van der Waals surface area contributed by atoms with Crippen LogP contribution in [0.5, 0.6) is 0 Å². The molecule has 2 aromatic rings. The molecular weight excluding hydrogens is 540 g/mol. The zero-order valence-corrected chi connectivity index (χ0v) is 25.7. The van der Waals surface area contributed by atoms with Gasteiger partial charge in [0.2, 0.25) is 17.7 Å². The van der Waals surface area contributed by atoms with Crippen molar-refractivity contribution in [3.8, 4) is 0 Å². The van der Waals surface area contributed by atoms with Crippen LogP contribution in [-0.4, -0.2) is 71.4 Å². The van der Waals surface area contributed by atoms with Crippen LogP contribution in [0.2, 0.25) is 0 Å². The molecule has 0 unspecified atom stereocenters. The first-order valence-electron chi connectivity index (χ1n) is 15.8. The third kappa shape index (κ3) is 5.51. The number of carbonyl (C=O) groups is 3. The van der Waals surface area contributed by atoms with Crippen LogP contribution in [0.1, 0.15) is 44.2 Å². The number of fused-ring (bicyclic) bond motifs is 1. The van der Waals surface area contributed by atoms with Crippen molar-refractivity contribution >= 4 is 23.4 Å². The molecule has 2 aromatic carbocycles. The lowest BCUT2D eigenvalue weighted by Crippen LogP contribution is -2.58. The molecule has 8 atom stereocenters. The number of anilines is 1. The monoisotopic (exact) mass is 584 g/mol. The molecule has 3 amide bonds. The van der Waals surface area contributed by atoms with Gasteiger partial charge in [-0.3, -0.25) is 14.4 Å². The summed E-state index contributed by atoms with van der Waals surface area (Å²) in [6.45, 7) is 8.09. The molecule has 1 saturated carbocycles. The maximum Gasteiger partial charge on any atom is 0.246 e. The van der Waals surface area contributed by atoms with E-state index in [1.807, 2.05) is 68.6 Å². The van der Waals surface area contributed by atoms with Crippen molar-refractivity contribution in [2.45, 2.75) is 70.4 Å². The van der Waals surface area contributed by atoms with Gasteiger partial charge in [0.15, 0.2) is 0 Å². The van der Waals surface area contributed by atoms with E-state index in [0.29, 0.717) is 30.6 Å². The number of carbonyl (C=O) groups excluding carboxylic acids is 3. The molecule has 1 spiro atoms. The molecule has 228 valence electrons. The van der Waals surface area contributed by atoms with Gasteiger partial charge in [-0.05, 0) is 55.5 Å². The molecule has 8 nitrogen and oxygen atoms in total. The summed E-state index contributed by atoms with van der Waals surface area (Å²) in [5, 5.41) is 6.36. The van der Waals surface area contributed by atoms with Crippen molar-refractivity contribution in [3.05, 3.63) is 77.9 Å². The zero-order valence-electron chi connectivity index (χ0n) is 25.7. The fourth-order valence-corrected chi connectivity index (χ4v) is 7.76. The third-order valence-corrected chi connectivity index (χ3v) is 10.3. The first-order valence-corrected chi connectivity index (χ1v) is 15.8. The lowest BCUT2D eigenvalue weighted by Gasteiger charge is -2.38. The topological polar surface area (TPSA) is 91.0 Å². The van der Waals surface area contributed by atoms with Gasteiger partial charge in [-0.1, -0.05) is 81.3 Å². The Labute approximate surface area is 254 Å². The minimum Gasteiger partial charge on any atom is -0.359 e. The Hall–Kier alpha value is -3.49. The summed E-state index contributed by atoms with van der Waals surface area (Å²) in [5.74, 6) is -1.23. The highest BCUT2D eigenvalue weighted by atomic mass is 16.5. The van der Waals surface area contributed by atoms with Crippen LogP contribution >= 0.6 is 0 Å². The summed E-state index contributed by atoms with van der Waals surface area (Å²) >= 11 is 0. The van der Waals surface area contributed by atoms with Gasteiger partial charge in [0.25, 0.3) is 0 Å². The maximum absolute atomic E-state index is 14.3. The van der Waals surface area contributed by atoms with E-state index in [9.17, 15) is 14.4 Å². The number of nitrogens with zero attached hydrogens (tertiary/aromatic N) is 2. The predicted octanol–water partition coefficient (Wildman–Crippen LogP) is 4.16. The summed E-state index contributed by atoms with van der Waals surface area (Å²) in [4.78, 5) is 46.2. The first-order chi connectivity index (χ1) is 20.7. The van der Waals surface area contributed by atoms with Gasteiger partial charge in [0.1, 0.15) is 11.6 Å². The molecule has 2 bridgehead atoms. The van der Waals surface area contributed by atoms with E-state index >= 15 is 0 Å². The molecule has 8 heteroatoms. The summed E-state index contributed by atoms with van der Waals surface area (Å²) in [5.41, 5.74) is 1.73. The number of amides is 3. The molecule has 2 saturated heterocycles. The predicted molar refractivity (Wildman–Crippen MR) is 166 cm³/mol. The highest BCUT2D eigenvalue weighted by molar-refractivity contribution is 6.02.